The molecule has 164 valence electrons. The number of hydrogen-bond acceptors (Lipinski definition) is 4. The third kappa shape index (κ3) is 2.86. The van der Waals surface area contributed by atoms with Crippen LogP contribution >= 0.6 is 0 Å². The molecule has 1 heterocycles. The third-order valence-corrected chi connectivity index (χ3v) is 8.58. The third-order valence-electron chi connectivity index (χ3n) is 8.58. The van der Waals surface area contributed by atoms with Crippen molar-refractivity contribution < 1.29 is 19.8 Å². The average Bonchev–Trinajstić information content (AvgIpc) is 3.25. The zero-order chi connectivity index (χ0) is 21.6. The molecule has 6 fully saturated rings. The van der Waals surface area contributed by atoms with Crippen molar-refractivity contribution in [3.8, 4) is 6.07 Å². The molecule has 30 heavy (non-hydrogen) atoms. The summed E-state index contributed by atoms with van der Waals surface area (Å²) in [6.07, 6.45) is 5.21. The van der Waals surface area contributed by atoms with Gasteiger partial charge in [0.15, 0.2) is 0 Å². The first-order valence-corrected chi connectivity index (χ1v) is 11.4. The van der Waals surface area contributed by atoms with Gasteiger partial charge >= 0.3 is 6.09 Å². The molecule has 6 atom stereocenters. The highest BCUT2D eigenvalue weighted by Crippen LogP contribution is 2.64. The maximum atomic E-state index is 14.2. The minimum atomic E-state index is -1.09. The van der Waals surface area contributed by atoms with Gasteiger partial charge in [0, 0.05) is 17.0 Å². The van der Waals surface area contributed by atoms with Crippen LogP contribution in [0, 0.1) is 34.5 Å². The smallest absolute Gasteiger partial charge is 0.408 e. The van der Waals surface area contributed by atoms with Crippen LogP contribution in [-0.2, 0) is 4.79 Å². The van der Waals surface area contributed by atoms with E-state index in [4.69, 9.17) is 0 Å². The van der Waals surface area contributed by atoms with Gasteiger partial charge in [0.25, 0.3) is 0 Å². The normalized spacial score (nSPS) is 44.4. The fraction of sp³-hybridized carbons (Fsp3) is 0.870. The molecule has 6 aliphatic rings. The Morgan fingerprint density at radius 2 is 1.77 bits per heavy atom. The SMILES string of the molecule is CC(C)(C)N(C(=O)O)C(C(=O)N1[C@H](C#N)C[C@@H]2C[C@@H]21)C12CC3CC(CC(O)(C3)C1)C2. The molecule has 2 amide bonds. The van der Waals surface area contributed by atoms with E-state index in [1.165, 1.54) is 4.90 Å². The molecule has 0 aromatic carbocycles. The molecule has 2 N–H and O–H groups in total. The molecule has 7 heteroatoms. The van der Waals surface area contributed by atoms with Crippen molar-refractivity contribution in [2.75, 3.05) is 0 Å². The highest BCUT2D eigenvalue weighted by Gasteiger charge is 2.65. The van der Waals surface area contributed by atoms with Gasteiger partial charge in [-0.25, -0.2) is 4.79 Å². The van der Waals surface area contributed by atoms with Crippen molar-refractivity contribution in [3.63, 3.8) is 0 Å². The first-order chi connectivity index (χ1) is 14.0. The Balaban J connectivity index is 1.60. The summed E-state index contributed by atoms with van der Waals surface area (Å²) < 4.78 is 0. The predicted molar refractivity (Wildman–Crippen MR) is 108 cm³/mol. The van der Waals surface area contributed by atoms with Crippen molar-refractivity contribution in [1.29, 1.82) is 5.26 Å². The molecule has 1 aliphatic heterocycles. The van der Waals surface area contributed by atoms with Crippen molar-refractivity contribution in [2.45, 2.75) is 101 Å². The monoisotopic (exact) mass is 415 g/mol. The van der Waals surface area contributed by atoms with Crippen molar-refractivity contribution in [3.05, 3.63) is 0 Å². The molecule has 0 spiro atoms. The van der Waals surface area contributed by atoms with E-state index in [0.29, 0.717) is 30.6 Å². The number of nitriles is 1. The number of likely N-dealkylation sites (tertiary alicyclic amines) is 1. The van der Waals surface area contributed by atoms with E-state index in [-0.39, 0.29) is 11.9 Å². The van der Waals surface area contributed by atoms with Gasteiger partial charge in [0.1, 0.15) is 12.1 Å². The van der Waals surface area contributed by atoms with Crippen LogP contribution in [0.4, 0.5) is 4.79 Å². The van der Waals surface area contributed by atoms with Gasteiger partial charge in [-0.2, -0.15) is 5.26 Å². The minimum Gasteiger partial charge on any atom is -0.465 e. The van der Waals surface area contributed by atoms with Crippen LogP contribution in [0.15, 0.2) is 0 Å². The molecule has 7 nitrogen and oxygen atoms in total. The fourth-order valence-corrected chi connectivity index (χ4v) is 8.07. The molecule has 0 radical (unpaired) electrons. The number of carbonyl (C=O) groups is 2. The van der Waals surface area contributed by atoms with Crippen molar-refractivity contribution >= 4 is 12.0 Å². The molecular weight excluding hydrogens is 382 g/mol. The second-order valence-electron chi connectivity index (χ2n) is 12.0. The van der Waals surface area contributed by atoms with E-state index in [2.05, 4.69) is 6.07 Å². The average molecular weight is 416 g/mol. The summed E-state index contributed by atoms with van der Waals surface area (Å²) in [5, 5.41) is 31.2. The topological polar surface area (TPSA) is 105 Å². The Morgan fingerprint density at radius 3 is 2.27 bits per heavy atom. The zero-order valence-electron chi connectivity index (χ0n) is 18.2. The van der Waals surface area contributed by atoms with Crippen LogP contribution in [0.3, 0.4) is 0 Å². The van der Waals surface area contributed by atoms with E-state index >= 15 is 0 Å². The standard InChI is InChI=1S/C23H33N3O4/c1-21(2,3)26(20(28)29)18(19(27)25-16(11-24)5-15-6-17(15)25)22-7-13-4-14(8-22)10-23(30,9-13)12-22/h13-18,30H,4-10,12H2,1-3H3,(H,28,29)/t13?,14?,15-,16+,17+,18?,22?,23?/m1/s1. The van der Waals surface area contributed by atoms with Crippen LogP contribution < -0.4 is 0 Å². The molecule has 4 bridgehead atoms. The maximum Gasteiger partial charge on any atom is 0.408 e. The highest BCUT2D eigenvalue weighted by atomic mass is 16.4. The fourth-order valence-electron chi connectivity index (χ4n) is 8.07. The number of piperidine rings is 1. The Labute approximate surface area is 178 Å². The molecule has 6 rings (SSSR count). The maximum absolute atomic E-state index is 14.2. The summed E-state index contributed by atoms with van der Waals surface area (Å²) in [4.78, 5) is 29.8. The number of amides is 2. The Kier molecular flexibility index (Phi) is 4.10. The van der Waals surface area contributed by atoms with Gasteiger partial charge in [0.05, 0.1) is 11.7 Å². The van der Waals surface area contributed by atoms with Crippen LogP contribution in [0.1, 0.15) is 72.1 Å². The first kappa shape index (κ1) is 20.1. The summed E-state index contributed by atoms with van der Waals surface area (Å²) in [5.74, 6) is 0.879. The number of fused-ring (bicyclic) bond motifs is 1. The molecule has 5 aliphatic carbocycles. The van der Waals surface area contributed by atoms with E-state index in [1.807, 2.05) is 20.8 Å². The van der Waals surface area contributed by atoms with E-state index in [0.717, 1.165) is 38.5 Å². The number of aliphatic hydroxyl groups is 1. The van der Waals surface area contributed by atoms with Crippen LogP contribution in [0.2, 0.25) is 0 Å². The Bertz CT molecular complexity index is 813. The predicted octanol–water partition coefficient (Wildman–Crippen LogP) is 2.98. The molecule has 1 saturated heterocycles. The van der Waals surface area contributed by atoms with E-state index < -0.39 is 34.7 Å². The molecule has 0 aromatic rings. The second kappa shape index (κ2) is 6.12. The van der Waals surface area contributed by atoms with Crippen molar-refractivity contribution in [2.24, 2.45) is 23.2 Å². The van der Waals surface area contributed by atoms with Gasteiger partial charge in [-0.3, -0.25) is 9.69 Å². The summed E-state index contributed by atoms with van der Waals surface area (Å²) in [7, 11) is 0. The summed E-state index contributed by atoms with van der Waals surface area (Å²) in [6.45, 7) is 5.51. The first-order valence-electron chi connectivity index (χ1n) is 11.4. The van der Waals surface area contributed by atoms with Gasteiger partial charge in [-0.1, -0.05) is 0 Å². The lowest BCUT2D eigenvalue weighted by Gasteiger charge is -2.64. The van der Waals surface area contributed by atoms with Crippen LogP contribution in [0.5, 0.6) is 0 Å². The van der Waals surface area contributed by atoms with Gasteiger partial charge in [-0.05, 0) is 89.9 Å². The number of carboxylic acid groups (broad SMARTS) is 1. The summed E-state index contributed by atoms with van der Waals surface area (Å²) in [6, 6.07) is 1.06. The quantitative estimate of drug-likeness (QED) is 0.737. The van der Waals surface area contributed by atoms with Gasteiger partial charge in [0.2, 0.25) is 5.91 Å². The lowest BCUT2D eigenvalue weighted by molar-refractivity contribution is -0.194. The summed E-state index contributed by atoms with van der Waals surface area (Å²) in [5.41, 5.74) is -2.09. The van der Waals surface area contributed by atoms with Crippen LogP contribution in [-0.4, -0.2) is 61.3 Å². The van der Waals surface area contributed by atoms with Crippen LogP contribution in [0.25, 0.3) is 0 Å². The summed E-state index contributed by atoms with van der Waals surface area (Å²) >= 11 is 0. The van der Waals surface area contributed by atoms with Gasteiger partial charge < -0.3 is 15.1 Å². The number of carbonyl (C=O) groups excluding carboxylic acids is 1. The minimum absolute atomic E-state index is 0.0808. The Hall–Kier alpha value is -1.81. The lowest BCUT2D eigenvalue weighted by atomic mass is 9.45. The highest BCUT2D eigenvalue weighted by molar-refractivity contribution is 5.88. The van der Waals surface area contributed by atoms with E-state index in [1.54, 1.807) is 4.90 Å². The second-order valence-corrected chi connectivity index (χ2v) is 12.0. The number of rotatable bonds is 3. The van der Waals surface area contributed by atoms with Gasteiger partial charge in [-0.15, -0.1) is 0 Å². The molecule has 5 saturated carbocycles. The number of nitrogens with zero attached hydrogens (tertiary/aromatic N) is 3. The lowest BCUT2D eigenvalue weighted by Crippen LogP contribution is -2.69. The molecular formula is C23H33N3O4. The Morgan fingerprint density at radius 1 is 1.13 bits per heavy atom. The largest absolute Gasteiger partial charge is 0.465 e. The molecule has 3 unspecified atom stereocenters. The number of hydrogen-bond donors (Lipinski definition) is 2. The zero-order valence-corrected chi connectivity index (χ0v) is 18.2. The molecule has 0 aromatic heterocycles. The van der Waals surface area contributed by atoms with Crippen molar-refractivity contribution in [1.82, 2.24) is 9.80 Å². The van der Waals surface area contributed by atoms with E-state index in [9.17, 15) is 25.1 Å².